The largest absolute Gasteiger partial charge is 0.0856 e. The van der Waals surface area contributed by atoms with Gasteiger partial charge >= 0.3 is 0 Å². The van der Waals surface area contributed by atoms with Crippen LogP contribution in [0.2, 0.25) is 0 Å². The van der Waals surface area contributed by atoms with Crippen LogP contribution in [0.4, 0.5) is 0 Å². The summed E-state index contributed by atoms with van der Waals surface area (Å²) in [5.41, 5.74) is 7.34. The van der Waals surface area contributed by atoms with Gasteiger partial charge in [0.2, 0.25) is 0 Å². The molecular weight excluding hydrogens is 300 g/mol. The van der Waals surface area contributed by atoms with E-state index in [-0.39, 0.29) is 0 Å². The third kappa shape index (κ3) is 17.3. The number of unbranched alkanes of at least 4 members (excludes halogenated alkanes) is 1. The van der Waals surface area contributed by atoms with E-state index in [0.29, 0.717) is 0 Å². The van der Waals surface area contributed by atoms with Gasteiger partial charge in [-0.25, -0.2) is 0 Å². The highest BCUT2D eigenvalue weighted by Crippen LogP contribution is 2.14. The quantitative estimate of drug-likeness (QED) is 0.246. The summed E-state index contributed by atoms with van der Waals surface area (Å²) in [7, 11) is 0. The molecule has 141 valence electrons. The lowest BCUT2D eigenvalue weighted by Gasteiger charge is -2.02. The molecule has 0 bridgehead atoms. The van der Waals surface area contributed by atoms with Crippen LogP contribution in [0.25, 0.3) is 0 Å². The fourth-order valence-electron chi connectivity index (χ4n) is 2.56. The molecule has 0 aliphatic carbocycles. The van der Waals surface area contributed by atoms with Crippen molar-refractivity contribution in [1.29, 1.82) is 0 Å². The van der Waals surface area contributed by atoms with Gasteiger partial charge in [-0.15, -0.1) is 0 Å². The minimum Gasteiger partial charge on any atom is -0.0856 e. The first-order chi connectivity index (χ1) is 11.8. The molecule has 0 spiro atoms. The predicted molar refractivity (Wildman–Crippen MR) is 117 cm³/mol. The lowest BCUT2D eigenvalue weighted by molar-refractivity contribution is 0.898. The Morgan fingerprint density at radius 2 is 0.960 bits per heavy atom. The summed E-state index contributed by atoms with van der Waals surface area (Å²) >= 11 is 0. The van der Waals surface area contributed by atoms with Crippen LogP contribution in [0.15, 0.2) is 58.2 Å². The molecule has 0 aromatic rings. The molecule has 0 N–H and O–H groups in total. The van der Waals surface area contributed by atoms with E-state index in [4.69, 9.17) is 0 Å². The maximum absolute atomic E-state index is 2.42. The lowest BCUT2D eigenvalue weighted by atomic mass is 10.0. The van der Waals surface area contributed by atoms with E-state index in [1.165, 1.54) is 66.4 Å². The van der Waals surface area contributed by atoms with Gasteiger partial charge in [0.05, 0.1) is 0 Å². The van der Waals surface area contributed by atoms with Gasteiger partial charge in [0.15, 0.2) is 0 Å². The van der Waals surface area contributed by atoms with E-state index in [2.05, 4.69) is 85.3 Å². The first-order valence-corrected chi connectivity index (χ1v) is 9.88. The third-order valence-electron chi connectivity index (χ3n) is 4.21. The monoisotopic (exact) mass is 341 g/mol. The molecule has 0 rings (SSSR count). The first-order valence-electron chi connectivity index (χ1n) is 9.88. The van der Waals surface area contributed by atoms with Crippen LogP contribution in [0, 0.1) is 6.42 Å². The average molecular weight is 342 g/mol. The molecule has 25 heavy (non-hydrogen) atoms. The summed E-state index contributed by atoms with van der Waals surface area (Å²) in [6.07, 6.45) is 22.1. The van der Waals surface area contributed by atoms with Crippen LogP contribution in [-0.4, -0.2) is 0 Å². The van der Waals surface area contributed by atoms with Gasteiger partial charge in [0.25, 0.3) is 0 Å². The summed E-state index contributed by atoms with van der Waals surface area (Å²) in [6.45, 7) is 15.4. The summed E-state index contributed by atoms with van der Waals surface area (Å²) in [5, 5.41) is 0. The van der Waals surface area contributed by atoms with Crippen molar-refractivity contribution >= 4 is 0 Å². The normalized spacial score (nSPS) is 13.0. The molecule has 0 amide bonds. The molecule has 0 fully saturated rings. The average Bonchev–Trinajstić information content (AvgIpc) is 2.51. The van der Waals surface area contributed by atoms with E-state index in [1.807, 2.05) is 0 Å². The van der Waals surface area contributed by atoms with Crippen molar-refractivity contribution in [2.24, 2.45) is 0 Å². The molecule has 0 aromatic heterocycles. The van der Waals surface area contributed by atoms with Gasteiger partial charge in [-0.1, -0.05) is 58.2 Å². The zero-order valence-electron chi connectivity index (χ0n) is 17.9. The van der Waals surface area contributed by atoms with Gasteiger partial charge in [-0.05, 0) is 99.8 Å². The van der Waals surface area contributed by atoms with Crippen molar-refractivity contribution in [1.82, 2.24) is 0 Å². The van der Waals surface area contributed by atoms with Gasteiger partial charge in [-0.2, -0.15) is 0 Å². The number of rotatable bonds is 12. The van der Waals surface area contributed by atoms with E-state index >= 15 is 0 Å². The highest BCUT2D eigenvalue weighted by Gasteiger charge is 1.93. The van der Waals surface area contributed by atoms with Crippen LogP contribution in [0.1, 0.15) is 93.4 Å². The lowest BCUT2D eigenvalue weighted by Crippen LogP contribution is -1.82. The molecular formula is C25H41. The molecule has 0 aliphatic rings. The fourth-order valence-corrected chi connectivity index (χ4v) is 2.56. The van der Waals surface area contributed by atoms with Crippen molar-refractivity contribution in [3.8, 4) is 0 Å². The summed E-state index contributed by atoms with van der Waals surface area (Å²) in [5.74, 6) is 0. The maximum Gasteiger partial charge on any atom is -0.0130 e. The Morgan fingerprint density at radius 3 is 1.40 bits per heavy atom. The van der Waals surface area contributed by atoms with Crippen LogP contribution >= 0.6 is 0 Å². The van der Waals surface area contributed by atoms with Crippen molar-refractivity contribution in [2.75, 3.05) is 0 Å². The maximum atomic E-state index is 2.42. The zero-order chi connectivity index (χ0) is 19.1. The van der Waals surface area contributed by atoms with Crippen molar-refractivity contribution in [3.63, 3.8) is 0 Å². The van der Waals surface area contributed by atoms with Crippen LogP contribution < -0.4 is 0 Å². The number of hydrogen-bond donors (Lipinski definition) is 0. The topological polar surface area (TPSA) is 0 Å². The van der Waals surface area contributed by atoms with Gasteiger partial charge in [-0.3, -0.25) is 0 Å². The van der Waals surface area contributed by atoms with E-state index < -0.39 is 0 Å². The Hall–Kier alpha value is -1.30. The first kappa shape index (κ1) is 23.7. The van der Waals surface area contributed by atoms with Crippen molar-refractivity contribution in [2.45, 2.75) is 93.4 Å². The molecule has 0 heterocycles. The second-order valence-electron chi connectivity index (χ2n) is 7.76. The molecule has 0 aromatic carbocycles. The summed E-state index contributed by atoms with van der Waals surface area (Å²) in [6, 6.07) is 0. The standard InChI is InChI=1S/C25H41/c1-21(2)13-8-9-15-23(5)17-11-19-25(7)20-12-18-24(6)16-10-14-22(3)4/h8,13-15,18-19H,9-12,16-17,20H2,1-7H3/b23-15+,24-18+,25-19+. The van der Waals surface area contributed by atoms with Gasteiger partial charge in [0, 0.05) is 0 Å². The molecule has 0 heteroatoms. The third-order valence-corrected chi connectivity index (χ3v) is 4.21. The highest BCUT2D eigenvalue weighted by molar-refractivity contribution is 5.10. The SMILES string of the molecule is CC(C)=C[CH]C/C=C(\C)CC/C=C(\C)CC/C=C(\C)CCC=C(C)C. The van der Waals surface area contributed by atoms with Crippen LogP contribution in [0.5, 0.6) is 0 Å². The minimum absolute atomic E-state index is 1.05. The van der Waals surface area contributed by atoms with Crippen molar-refractivity contribution < 1.29 is 0 Å². The summed E-state index contributed by atoms with van der Waals surface area (Å²) < 4.78 is 0. The Bertz CT molecular complexity index is 498. The van der Waals surface area contributed by atoms with E-state index in [0.717, 1.165) is 6.42 Å². The fraction of sp³-hybridized carbons (Fsp3) is 0.560. The number of hydrogen-bond acceptors (Lipinski definition) is 0. The highest BCUT2D eigenvalue weighted by atomic mass is 14.0. The summed E-state index contributed by atoms with van der Waals surface area (Å²) in [4.78, 5) is 0. The Balaban J connectivity index is 3.99. The molecule has 0 atom stereocenters. The van der Waals surface area contributed by atoms with E-state index in [9.17, 15) is 0 Å². The molecule has 1 radical (unpaired) electrons. The van der Waals surface area contributed by atoms with Gasteiger partial charge in [0.1, 0.15) is 0 Å². The second kappa shape index (κ2) is 15.0. The van der Waals surface area contributed by atoms with Crippen molar-refractivity contribution in [3.05, 3.63) is 64.7 Å². The van der Waals surface area contributed by atoms with E-state index in [1.54, 1.807) is 0 Å². The molecule has 0 unspecified atom stereocenters. The Kier molecular flexibility index (Phi) is 14.2. The Morgan fingerprint density at radius 1 is 0.520 bits per heavy atom. The smallest absolute Gasteiger partial charge is 0.0130 e. The number of allylic oxidation sites excluding steroid dienone is 10. The second-order valence-corrected chi connectivity index (χ2v) is 7.76. The molecule has 0 saturated carbocycles. The molecule has 0 aliphatic heterocycles. The minimum atomic E-state index is 1.05. The van der Waals surface area contributed by atoms with Crippen LogP contribution in [-0.2, 0) is 0 Å². The van der Waals surface area contributed by atoms with Gasteiger partial charge < -0.3 is 0 Å². The zero-order valence-corrected chi connectivity index (χ0v) is 17.9. The Labute approximate surface area is 158 Å². The molecule has 0 nitrogen and oxygen atoms in total. The van der Waals surface area contributed by atoms with Crippen LogP contribution in [0.3, 0.4) is 0 Å². The molecule has 0 saturated heterocycles. The predicted octanol–water partition coefficient (Wildman–Crippen LogP) is 8.69.